The molecule has 3 rings (SSSR count). The van der Waals surface area contributed by atoms with Gasteiger partial charge in [0, 0.05) is 6.20 Å². The number of aliphatic hydroxyl groups is 1. The van der Waals surface area contributed by atoms with Crippen LogP contribution in [0.5, 0.6) is 0 Å². The number of carbonyl (C=O) groups is 1. The number of esters is 1. The largest absolute Gasteiger partial charge is 0.452 e. The number of aliphatic hydroxyl groups excluding tert-OH is 1. The zero-order valence-electron chi connectivity index (χ0n) is 13.9. The molecule has 8 nitrogen and oxygen atoms in total. The highest BCUT2D eigenvalue weighted by Gasteiger charge is 2.58. The van der Waals surface area contributed by atoms with Crippen molar-refractivity contribution in [1.82, 2.24) is 9.55 Å². The summed E-state index contributed by atoms with van der Waals surface area (Å²) in [6.45, 7) is 0.541. The molecular formula is C17H18FN3O5. The Labute approximate surface area is 148 Å². The molecule has 0 bridgehead atoms. The Morgan fingerprint density at radius 2 is 2.12 bits per heavy atom. The number of rotatable bonds is 4. The molecule has 1 aromatic carbocycles. The molecule has 0 saturated carbocycles. The van der Waals surface area contributed by atoms with Crippen molar-refractivity contribution in [2.45, 2.75) is 31.0 Å². The van der Waals surface area contributed by atoms with Crippen LogP contribution >= 0.6 is 0 Å². The van der Waals surface area contributed by atoms with E-state index in [0.29, 0.717) is 0 Å². The number of halogens is 1. The lowest BCUT2D eigenvalue weighted by Gasteiger charge is -2.27. The van der Waals surface area contributed by atoms with Crippen molar-refractivity contribution in [1.29, 1.82) is 0 Å². The highest BCUT2D eigenvalue weighted by atomic mass is 19.1. The summed E-state index contributed by atoms with van der Waals surface area (Å²) in [4.78, 5) is 27.8. The lowest BCUT2D eigenvalue weighted by Crippen LogP contribution is -2.45. The quantitative estimate of drug-likeness (QED) is 0.767. The van der Waals surface area contributed by atoms with E-state index in [1.807, 2.05) is 0 Å². The Kier molecular flexibility index (Phi) is 4.75. The molecule has 4 atom stereocenters. The van der Waals surface area contributed by atoms with Crippen LogP contribution < -0.4 is 11.4 Å². The summed E-state index contributed by atoms with van der Waals surface area (Å²) in [5.41, 5.74) is 2.56. The first-order chi connectivity index (χ1) is 12.3. The average molecular weight is 363 g/mol. The van der Waals surface area contributed by atoms with Crippen LogP contribution in [-0.4, -0.2) is 45.1 Å². The fraction of sp³-hybridized carbons (Fsp3) is 0.353. The Morgan fingerprint density at radius 3 is 2.73 bits per heavy atom. The number of nitrogen functional groups attached to an aromatic ring is 1. The van der Waals surface area contributed by atoms with Gasteiger partial charge in [-0.15, -0.1) is 0 Å². The van der Waals surface area contributed by atoms with Crippen LogP contribution in [0.3, 0.4) is 0 Å². The molecule has 2 heterocycles. The second-order valence-corrected chi connectivity index (χ2v) is 6.09. The summed E-state index contributed by atoms with van der Waals surface area (Å²) in [7, 11) is 0. The van der Waals surface area contributed by atoms with Gasteiger partial charge >= 0.3 is 11.7 Å². The number of aromatic nitrogens is 2. The smallest absolute Gasteiger partial charge is 0.351 e. The van der Waals surface area contributed by atoms with Gasteiger partial charge in [0.1, 0.15) is 11.9 Å². The maximum Gasteiger partial charge on any atom is 0.351 e. The SMILES string of the molecule is C[C@@]1(F)[C@H](OC(=O)c2ccccc2)[C@@H](CO)O[C@H]1n1ccc(N)nc1=O. The van der Waals surface area contributed by atoms with Gasteiger partial charge in [-0.2, -0.15) is 4.98 Å². The van der Waals surface area contributed by atoms with Crippen LogP contribution in [0.2, 0.25) is 0 Å². The highest BCUT2D eigenvalue weighted by molar-refractivity contribution is 5.89. The highest BCUT2D eigenvalue weighted by Crippen LogP contribution is 2.42. The number of hydrogen-bond acceptors (Lipinski definition) is 7. The van der Waals surface area contributed by atoms with Crippen LogP contribution in [-0.2, 0) is 9.47 Å². The fourth-order valence-corrected chi connectivity index (χ4v) is 2.90. The van der Waals surface area contributed by atoms with Crippen molar-refractivity contribution < 1.29 is 23.8 Å². The van der Waals surface area contributed by atoms with Gasteiger partial charge in [0.25, 0.3) is 0 Å². The molecule has 26 heavy (non-hydrogen) atoms. The lowest BCUT2D eigenvalue weighted by atomic mass is 9.98. The number of anilines is 1. The van der Waals surface area contributed by atoms with E-state index in [4.69, 9.17) is 15.2 Å². The van der Waals surface area contributed by atoms with E-state index in [2.05, 4.69) is 4.98 Å². The average Bonchev–Trinajstić information content (AvgIpc) is 2.86. The minimum Gasteiger partial charge on any atom is -0.452 e. The predicted molar refractivity (Wildman–Crippen MR) is 89.1 cm³/mol. The molecule has 1 saturated heterocycles. The molecule has 0 unspecified atom stereocenters. The predicted octanol–water partition coefficient (Wildman–Crippen LogP) is 0.669. The topological polar surface area (TPSA) is 117 Å². The third-order valence-electron chi connectivity index (χ3n) is 4.21. The minimum atomic E-state index is -2.29. The van der Waals surface area contributed by atoms with Crippen molar-refractivity contribution >= 4 is 11.8 Å². The monoisotopic (exact) mass is 363 g/mol. The fourth-order valence-electron chi connectivity index (χ4n) is 2.90. The Hall–Kier alpha value is -2.78. The van der Waals surface area contributed by atoms with E-state index >= 15 is 4.39 Å². The Balaban J connectivity index is 1.90. The van der Waals surface area contributed by atoms with Crippen molar-refractivity contribution in [3.8, 4) is 0 Å². The zero-order chi connectivity index (χ0) is 18.9. The lowest BCUT2D eigenvalue weighted by molar-refractivity contribution is -0.0611. The Morgan fingerprint density at radius 1 is 1.42 bits per heavy atom. The number of carbonyl (C=O) groups excluding carboxylic acids is 1. The van der Waals surface area contributed by atoms with E-state index in [1.165, 1.54) is 24.4 Å². The molecule has 0 spiro atoms. The normalized spacial score (nSPS) is 28.0. The van der Waals surface area contributed by atoms with Gasteiger partial charge in [-0.1, -0.05) is 18.2 Å². The van der Waals surface area contributed by atoms with Gasteiger partial charge < -0.3 is 20.3 Å². The summed E-state index contributed by atoms with van der Waals surface area (Å²) in [6, 6.07) is 9.37. The first kappa shape index (κ1) is 18.0. The van der Waals surface area contributed by atoms with Gasteiger partial charge in [0.05, 0.1) is 12.2 Å². The zero-order valence-corrected chi connectivity index (χ0v) is 13.9. The Bertz CT molecular complexity index is 855. The second-order valence-electron chi connectivity index (χ2n) is 6.09. The molecular weight excluding hydrogens is 345 g/mol. The first-order valence-corrected chi connectivity index (χ1v) is 7.90. The van der Waals surface area contributed by atoms with E-state index in [9.17, 15) is 14.7 Å². The molecule has 1 aromatic heterocycles. The van der Waals surface area contributed by atoms with Crippen molar-refractivity contribution in [3.63, 3.8) is 0 Å². The van der Waals surface area contributed by atoms with E-state index in [-0.39, 0.29) is 11.4 Å². The number of nitrogens with zero attached hydrogens (tertiary/aromatic N) is 2. The van der Waals surface area contributed by atoms with E-state index in [0.717, 1.165) is 11.5 Å². The molecule has 2 aromatic rings. The van der Waals surface area contributed by atoms with Crippen molar-refractivity contribution in [2.75, 3.05) is 12.3 Å². The molecule has 1 aliphatic rings. The van der Waals surface area contributed by atoms with Gasteiger partial charge in [-0.05, 0) is 25.1 Å². The minimum absolute atomic E-state index is 0.0180. The standard InChI is InChI=1S/C17H18FN3O5/c1-17(18)13(26-14(23)10-5-3-2-4-6-10)11(9-22)25-15(17)21-8-7-12(19)20-16(21)24/h2-8,11,13,15,22H,9H2,1H3,(H2,19,20,24)/t11-,13-,15-,17-/m1/s1. The molecule has 0 radical (unpaired) electrons. The summed E-state index contributed by atoms with van der Waals surface area (Å²) < 4.78 is 27.1. The van der Waals surface area contributed by atoms with E-state index < -0.39 is 42.4 Å². The summed E-state index contributed by atoms with van der Waals surface area (Å²) in [5, 5.41) is 9.52. The van der Waals surface area contributed by atoms with Crippen LogP contribution in [0.25, 0.3) is 0 Å². The number of hydrogen-bond donors (Lipinski definition) is 2. The van der Waals surface area contributed by atoms with Crippen molar-refractivity contribution in [2.24, 2.45) is 0 Å². The number of benzene rings is 1. The number of ether oxygens (including phenoxy) is 2. The molecule has 1 fully saturated rings. The summed E-state index contributed by atoms with van der Waals surface area (Å²) in [5.74, 6) is -0.777. The number of alkyl halides is 1. The van der Waals surface area contributed by atoms with Crippen LogP contribution in [0, 0.1) is 0 Å². The molecule has 0 amide bonds. The van der Waals surface area contributed by atoms with Crippen LogP contribution in [0.1, 0.15) is 23.5 Å². The molecule has 3 N–H and O–H groups in total. The third kappa shape index (κ3) is 3.18. The van der Waals surface area contributed by atoms with Crippen molar-refractivity contribution in [3.05, 3.63) is 58.6 Å². The van der Waals surface area contributed by atoms with Gasteiger partial charge in [-0.3, -0.25) is 4.57 Å². The van der Waals surface area contributed by atoms with Crippen LogP contribution in [0.4, 0.5) is 10.2 Å². The number of nitrogens with two attached hydrogens (primary N) is 1. The maximum atomic E-state index is 15.5. The molecule has 9 heteroatoms. The van der Waals surface area contributed by atoms with Gasteiger partial charge in [-0.25, -0.2) is 14.0 Å². The maximum absolute atomic E-state index is 15.5. The van der Waals surface area contributed by atoms with E-state index in [1.54, 1.807) is 18.2 Å². The molecule has 0 aliphatic carbocycles. The summed E-state index contributed by atoms with van der Waals surface area (Å²) >= 11 is 0. The molecule has 1 aliphatic heterocycles. The molecule has 138 valence electrons. The third-order valence-corrected chi connectivity index (χ3v) is 4.21. The van der Waals surface area contributed by atoms with Crippen LogP contribution in [0.15, 0.2) is 47.4 Å². The summed E-state index contributed by atoms with van der Waals surface area (Å²) in [6.07, 6.45) is -2.76. The first-order valence-electron chi connectivity index (χ1n) is 7.90. The van der Waals surface area contributed by atoms with Gasteiger partial charge in [0.2, 0.25) is 0 Å². The van der Waals surface area contributed by atoms with Gasteiger partial charge in [0.15, 0.2) is 18.0 Å². The second kappa shape index (κ2) is 6.85.